The van der Waals surface area contributed by atoms with Crippen molar-refractivity contribution in [2.75, 3.05) is 0 Å². The van der Waals surface area contributed by atoms with Gasteiger partial charge in [-0.3, -0.25) is 9.78 Å². The molecule has 20 heavy (non-hydrogen) atoms. The molecule has 0 fully saturated rings. The van der Waals surface area contributed by atoms with Crippen LogP contribution in [0.3, 0.4) is 0 Å². The predicted molar refractivity (Wildman–Crippen MR) is 77.3 cm³/mol. The van der Waals surface area contributed by atoms with Crippen molar-refractivity contribution in [2.24, 2.45) is 0 Å². The van der Waals surface area contributed by atoms with E-state index in [1.54, 1.807) is 6.20 Å². The molecule has 0 aliphatic carbocycles. The summed E-state index contributed by atoms with van der Waals surface area (Å²) in [4.78, 5) is 14.9. The van der Waals surface area contributed by atoms with Crippen LogP contribution in [0.5, 0.6) is 0 Å². The summed E-state index contributed by atoms with van der Waals surface area (Å²) in [6, 6.07) is 9.62. The number of nitrogens with one attached hydrogen (secondary N) is 1. The van der Waals surface area contributed by atoms with Gasteiger partial charge in [-0.25, -0.2) is 0 Å². The van der Waals surface area contributed by atoms with Crippen LogP contribution < -0.4 is 5.32 Å². The zero-order valence-electron chi connectivity index (χ0n) is 11.5. The zero-order chi connectivity index (χ0) is 14.4. The van der Waals surface area contributed by atoms with Gasteiger partial charge in [0.2, 0.25) is 0 Å². The third-order valence-electron chi connectivity index (χ3n) is 3.23. The number of rotatable bonds is 6. The first-order valence-electron chi connectivity index (χ1n) is 6.55. The first-order chi connectivity index (χ1) is 9.66. The zero-order valence-corrected chi connectivity index (χ0v) is 11.5. The Labute approximate surface area is 118 Å². The van der Waals surface area contributed by atoms with Crippen molar-refractivity contribution in [3.63, 3.8) is 0 Å². The van der Waals surface area contributed by atoms with Crippen LogP contribution in [0.4, 0.5) is 0 Å². The molecule has 2 aromatic rings. The van der Waals surface area contributed by atoms with Crippen molar-refractivity contribution in [1.82, 2.24) is 10.3 Å². The number of hydrogen-bond acceptors (Lipinski definition) is 3. The smallest absolute Gasteiger partial charge is 0.307 e. The molecular formula is C16H18N2O2. The molecule has 0 radical (unpaired) electrons. The Kier molecular flexibility index (Phi) is 4.85. The number of aliphatic carboxylic acids is 1. The summed E-state index contributed by atoms with van der Waals surface area (Å²) >= 11 is 0. The maximum atomic E-state index is 10.8. The fourth-order valence-corrected chi connectivity index (χ4v) is 2.10. The maximum Gasteiger partial charge on any atom is 0.307 e. The molecule has 4 heteroatoms. The minimum atomic E-state index is -0.803. The molecule has 0 unspecified atom stereocenters. The number of aryl methyl sites for hydroxylation is 1. The second-order valence-corrected chi connectivity index (χ2v) is 4.74. The highest BCUT2D eigenvalue weighted by Gasteiger charge is 2.06. The molecule has 1 heterocycles. The highest BCUT2D eigenvalue weighted by Crippen LogP contribution is 2.10. The number of carbonyl (C=O) groups is 1. The van der Waals surface area contributed by atoms with Crippen LogP contribution >= 0.6 is 0 Å². The van der Waals surface area contributed by atoms with Crippen molar-refractivity contribution < 1.29 is 9.90 Å². The van der Waals surface area contributed by atoms with Gasteiger partial charge in [0.15, 0.2) is 0 Å². The van der Waals surface area contributed by atoms with E-state index in [9.17, 15) is 4.79 Å². The largest absolute Gasteiger partial charge is 0.481 e. The minimum absolute atomic E-state index is 0.0616. The SMILES string of the molecule is Cc1cnccc1CNCc1ccccc1CC(=O)O. The third kappa shape index (κ3) is 3.90. The number of pyridine rings is 1. The van der Waals surface area contributed by atoms with Crippen LogP contribution in [-0.2, 0) is 24.3 Å². The second-order valence-electron chi connectivity index (χ2n) is 4.74. The number of carboxylic acid groups (broad SMARTS) is 1. The quantitative estimate of drug-likeness (QED) is 0.845. The van der Waals surface area contributed by atoms with Crippen molar-refractivity contribution in [3.05, 3.63) is 65.0 Å². The van der Waals surface area contributed by atoms with Crippen LogP contribution in [0.15, 0.2) is 42.7 Å². The number of aromatic nitrogens is 1. The van der Waals surface area contributed by atoms with Gasteiger partial charge >= 0.3 is 5.97 Å². The first-order valence-corrected chi connectivity index (χ1v) is 6.55. The molecule has 0 spiro atoms. The number of hydrogen-bond donors (Lipinski definition) is 2. The van der Waals surface area contributed by atoms with Gasteiger partial charge in [-0.05, 0) is 35.2 Å². The number of nitrogens with zero attached hydrogens (tertiary/aromatic N) is 1. The first kappa shape index (κ1) is 14.2. The van der Waals surface area contributed by atoms with Crippen molar-refractivity contribution in [2.45, 2.75) is 26.4 Å². The van der Waals surface area contributed by atoms with E-state index in [1.807, 2.05) is 43.5 Å². The molecule has 4 nitrogen and oxygen atoms in total. The standard InChI is InChI=1S/C16H18N2O2/c1-12-9-17-7-6-14(12)10-18-11-15-5-3-2-4-13(15)8-16(19)20/h2-7,9,18H,8,10-11H2,1H3,(H,19,20). The van der Waals surface area contributed by atoms with Crippen LogP contribution in [0.2, 0.25) is 0 Å². The summed E-state index contributed by atoms with van der Waals surface area (Å²) in [5, 5.41) is 12.3. The summed E-state index contributed by atoms with van der Waals surface area (Å²) < 4.78 is 0. The number of benzene rings is 1. The summed E-state index contributed by atoms with van der Waals surface area (Å²) in [6.07, 6.45) is 3.68. The summed E-state index contributed by atoms with van der Waals surface area (Å²) in [7, 11) is 0. The van der Waals surface area contributed by atoms with E-state index >= 15 is 0 Å². The lowest BCUT2D eigenvalue weighted by molar-refractivity contribution is -0.136. The average molecular weight is 270 g/mol. The van der Waals surface area contributed by atoms with Crippen molar-refractivity contribution in [3.8, 4) is 0 Å². The van der Waals surface area contributed by atoms with Gasteiger partial charge < -0.3 is 10.4 Å². The summed E-state index contributed by atoms with van der Waals surface area (Å²) in [5.74, 6) is -0.803. The van der Waals surface area contributed by atoms with Gasteiger partial charge in [-0.2, -0.15) is 0 Å². The second kappa shape index (κ2) is 6.82. The Morgan fingerprint density at radius 2 is 1.85 bits per heavy atom. The van der Waals surface area contributed by atoms with Gasteiger partial charge in [-0.1, -0.05) is 24.3 Å². The van der Waals surface area contributed by atoms with Gasteiger partial charge in [0.25, 0.3) is 0 Å². The lowest BCUT2D eigenvalue weighted by Gasteiger charge is -2.10. The predicted octanol–water partition coefficient (Wildman–Crippen LogP) is 2.31. The minimum Gasteiger partial charge on any atom is -0.481 e. The fourth-order valence-electron chi connectivity index (χ4n) is 2.10. The van der Waals surface area contributed by atoms with Crippen LogP contribution in [0, 0.1) is 6.92 Å². The topological polar surface area (TPSA) is 62.2 Å². The van der Waals surface area contributed by atoms with Gasteiger partial charge in [0, 0.05) is 25.5 Å². The van der Waals surface area contributed by atoms with E-state index in [4.69, 9.17) is 5.11 Å². The van der Waals surface area contributed by atoms with Crippen LogP contribution in [-0.4, -0.2) is 16.1 Å². The molecule has 2 N–H and O–H groups in total. The molecule has 1 aromatic heterocycles. The maximum absolute atomic E-state index is 10.8. The average Bonchev–Trinajstić information content (AvgIpc) is 2.42. The normalized spacial score (nSPS) is 10.4. The van der Waals surface area contributed by atoms with E-state index in [2.05, 4.69) is 10.3 Å². The molecular weight excluding hydrogens is 252 g/mol. The molecule has 0 amide bonds. The van der Waals surface area contributed by atoms with E-state index in [1.165, 1.54) is 5.56 Å². The van der Waals surface area contributed by atoms with Crippen molar-refractivity contribution in [1.29, 1.82) is 0 Å². The Bertz CT molecular complexity index is 597. The van der Waals surface area contributed by atoms with E-state index < -0.39 is 5.97 Å². The van der Waals surface area contributed by atoms with Gasteiger partial charge in [0.05, 0.1) is 6.42 Å². The fraction of sp³-hybridized carbons (Fsp3) is 0.250. The summed E-state index contributed by atoms with van der Waals surface area (Å²) in [5.41, 5.74) is 4.25. The lowest BCUT2D eigenvalue weighted by atomic mass is 10.0. The number of carboxylic acids is 1. The van der Waals surface area contributed by atoms with Crippen LogP contribution in [0.1, 0.15) is 22.3 Å². The monoisotopic (exact) mass is 270 g/mol. The van der Waals surface area contributed by atoms with E-state index in [-0.39, 0.29) is 6.42 Å². The Hall–Kier alpha value is -2.20. The lowest BCUT2D eigenvalue weighted by Crippen LogP contribution is -2.15. The van der Waals surface area contributed by atoms with Gasteiger partial charge in [-0.15, -0.1) is 0 Å². The molecule has 104 valence electrons. The Morgan fingerprint density at radius 3 is 2.55 bits per heavy atom. The Balaban J connectivity index is 1.97. The highest BCUT2D eigenvalue weighted by atomic mass is 16.4. The van der Waals surface area contributed by atoms with Crippen molar-refractivity contribution >= 4 is 5.97 Å². The van der Waals surface area contributed by atoms with Crippen LogP contribution in [0.25, 0.3) is 0 Å². The molecule has 0 bridgehead atoms. The molecule has 1 aromatic carbocycles. The van der Waals surface area contributed by atoms with E-state index in [0.29, 0.717) is 6.54 Å². The molecule has 0 aliphatic heterocycles. The molecule has 0 aliphatic rings. The molecule has 0 saturated heterocycles. The summed E-state index contributed by atoms with van der Waals surface area (Å²) in [6.45, 7) is 3.43. The van der Waals surface area contributed by atoms with E-state index in [0.717, 1.165) is 23.2 Å². The highest BCUT2D eigenvalue weighted by molar-refractivity contribution is 5.70. The molecule has 0 saturated carbocycles. The molecule has 2 rings (SSSR count). The Morgan fingerprint density at radius 1 is 1.15 bits per heavy atom. The van der Waals surface area contributed by atoms with Gasteiger partial charge in [0.1, 0.15) is 0 Å². The third-order valence-corrected chi connectivity index (χ3v) is 3.23. The molecule has 0 atom stereocenters.